The number of halogens is 2. The first kappa shape index (κ1) is 19.9. The smallest absolute Gasteiger partial charge is 0.414 e. The lowest BCUT2D eigenvalue weighted by Gasteiger charge is -2.23. The van der Waals surface area contributed by atoms with Crippen LogP contribution in [0.4, 0.5) is 19.3 Å². The fraction of sp³-hybridized carbons (Fsp3) is 0.529. The molecule has 27 heavy (non-hydrogen) atoms. The summed E-state index contributed by atoms with van der Waals surface area (Å²) in [6.07, 6.45) is -2.65. The van der Waals surface area contributed by atoms with Crippen LogP contribution in [0.2, 0.25) is 0 Å². The number of benzene rings is 1. The van der Waals surface area contributed by atoms with E-state index in [9.17, 15) is 22.0 Å². The molecular weight excluding hydrogens is 398 g/mol. The molecule has 10 heteroatoms. The number of thiocarbonyl (C=S) groups is 1. The number of anilines is 1. The maximum atomic E-state index is 12.4. The van der Waals surface area contributed by atoms with Crippen LogP contribution in [-0.4, -0.2) is 56.6 Å². The maximum Gasteiger partial charge on any atom is 0.414 e. The van der Waals surface area contributed by atoms with Gasteiger partial charge in [-0.2, -0.15) is 0 Å². The van der Waals surface area contributed by atoms with Gasteiger partial charge in [-0.1, -0.05) is 24.4 Å². The summed E-state index contributed by atoms with van der Waals surface area (Å²) in [5.41, 5.74) is 1.69. The third-order valence-corrected chi connectivity index (χ3v) is 6.84. The van der Waals surface area contributed by atoms with Crippen molar-refractivity contribution in [3.05, 3.63) is 29.8 Å². The van der Waals surface area contributed by atoms with Crippen molar-refractivity contribution in [1.82, 2.24) is 5.32 Å². The van der Waals surface area contributed by atoms with Crippen LogP contribution in [0.3, 0.4) is 0 Å². The summed E-state index contributed by atoms with van der Waals surface area (Å²) in [6, 6.07) is 7.37. The van der Waals surface area contributed by atoms with Gasteiger partial charge in [-0.15, -0.1) is 0 Å². The highest BCUT2D eigenvalue weighted by Crippen LogP contribution is 2.31. The SMILES string of the molecule is O=C1O[C@@H](CNC(=S)C(F)F)CN1c1ccc(C2CCS(=O)(=O)CC2)cc1. The second kappa shape index (κ2) is 8.05. The van der Waals surface area contributed by atoms with Crippen LogP contribution in [0.15, 0.2) is 24.3 Å². The number of nitrogens with zero attached hydrogens (tertiary/aromatic N) is 1. The number of nitrogens with one attached hydrogen (secondary N) is 1. The number of hydrogen-bond acceptors (Lipinski definition) is 5. The van der Waals surface area contributed by atoms with Crippen LogP contribution in [-0.2, 0) is 14.6 Å². The molecule has 0 saturated carbocycles. The zero-order valence-electron chi connectivity index (χ0n) is 14.4. The van der Waals surface area contributed by atoms with Crippen molar-refractivity contribution in [1.29, 1.82) is 0 Å². The standard InChI is InChI=1S/C17H20F2N2O4S2/c18-15(19)16(26)20-9-14-10-21(17(22)25-14)13-3-1-11(2-4-13)12-5-7-27(23,24)8-6-12/h1-4,12,14-15H,5-10H2,(H,20,26)/t14-/m0/s1. The van der Waals surface area contributed by atoms with Crippen LogP contribution in [0, 0.1) is 0 Å². The number of rotatable bonds is 5. The molecule has 1 aromatic rings. The molecule has 0 bridgehead atoms. The fourth-order valence-corrected chi connectivity index (χ4v) is 4.85. The van der Waals surface area contributed by atoms with Crippen molar-refractivity contribution < 1.29 is 26.7 Å². The Morgan fingerprint density at radius 2 is 1.89 bits per heavy atom. The third kappa shape index (κ3) is 4.92. The van der Waals surface area contributed by atoms with E-state index in [0.29, 0.717) is 18.5 Å². The number of alkyl halides is 2. The summed E-state index contributed by atoms with van der Waals surface area (Å²) in [4.78, 5) is 12.9. The van der Waals surface area contributed by atoms with Gasteiger partial charge in [-0.05, 0) is 36.5 Å². The molecule has 2 aliphatic rings. The number of cyclic esters (lactones) is 1. The second-order valence-electron chi connectivity index (χ2n) is 6.68. The van der Waals surface area contributed by atoms with Crippen LogP contribution in [0.1, 0.15) is 24.3 Å². The van der Waals surface area contributed by atoms with Gasteiger partial charge in [0.25, 0.3) is 6.43 Å². The number of carbonyl (C=O) groups is 1. The Hall–Kier alpha value is -1.81. The van der Waals surface area contributed by atoms with Gasteiger partial charge in [0.2, 0.25) is 0 Å². The Kier molecular flexibility index (Phi) is 5.95. The normalized spacial score (nSPS) is 22.7. The monoisotopic (exact) mass is 418 g/mol. The van der Waals surface area contributed by atoms with E-state index in [1.807, 2.05) is 12.1 Å². The molecule has 2 aliphatic heterocycles. The van der Waals surface area contributed by atoms with Crippen molar-refractivity contribution in [2.75, 3.05) is 29.5 Å². The molecule has 0 aromatic heterocycles. The summed E-state index contributed by atoms with van der Waals surface area (Å²) >= 11 is 4.50. The molecule has 1 aromatic carbocycles. The van der Waals surface area contributed by atoms with E-state index < -0.39 is 33.4 Å². The minimum absolute atomic E-state index is 0.0278. The van der Waals surface area contributed by atoms with E-state index in [1.54, 1.807) is 12.1 Å². The van der Waals surface area contributed by atoms with Gasteiger partial charge in [0.1, 0.15) is 20.9 Å². The van der Waals surface area contributed by atoms with Crippen molar-refractivity contribution >= 4 is 38.8 Å². The molecule has 1 amide bonds. The van der Waals surface area contributed by atoms with E-state index in [4.69, 9.17) is 4.74 Å². The van der Waals surface area contributed by atoms with Crippen LogP contribution in [0.5, 0.6) is 0 Å². The fourth-order valence-electron chi connectivity index (χ4n) is 3.28. The van der Waals surface area contributed by atoms with Crippen LogP contribution >= 0.6 is 12.2 Å². The van der Waals surface area contributed by atoms with Gasteiger partial charge in [-0.25, -0.2) is 22.0 Å². The van der Waals surface area contributed by atoms with Crippen molar-refractivity contribution in [3.63, 3.8) is 0 Å². The molecule has 6 nitrogen and oxygen atoms in total. The number of ether oxygens (including phenoxy) is 1. The summed E-state index contributed by atoms with van der Waals surface area (Å²) in [5, 5.41) is 2.40. The van der Waals surface area contributed by atoms with Gasteiger partial charge in [0.05, 0.1) is 24.6 Å². The Morgan fingerprint density at radius 3 is 2.48 bits per heavy atom. The topological polar surface area (TPSA) is 75.7 Å². The quantitative estimate of drug-likeness (QED) is 0.741. The molecule has 1 N–H and O–H groups in total. The third-order valence-electron chi connectivity index (χ3n) is 4.81. The van der Waals surface area contributed by atoms with Gasteiger partial charge in [-0.3, -0.25) is 4.90 Å². The Labute approximate surface area is 161 Å². The molecule has 1 atom stereocenters. The average molecular weight is 418 g/mol. The number of sulfone groups is 1. The molecule has 2 fully saturated rings. The summed E-state index contributed by atoms with van der Waals surface area (Å²) in [7, 11) is -2.91. The first-order chi connectivity index (χ1) is 12.7. The molecule has 148 valence electrons. The Bertz CT molecular complexity index is 801. The largest absolute Gasteiger partial charge is 0.442 e. The molecule has 2 saturated heterocycles. The van der Waals surface area contributed by atoms with Crippen molar-refractivity contribution in [3.8, 4) is 0 Å². The highest BCUT2D eigenvalue weighted by Gasteiger charge is 2.33. The predicted molar refractivity (Wildman–Crippen MR) is 101 cm³/mol. The Morgan fingerprint density at radius 1 is 1.26 bits per heavy atom. The minimum Gasteiger partial charge on any atom is -0.442 e. The summed E-state index contributed by atoms with van der Waals surface area (Å²) in [5.74, 6) is 0.598. The lowest BCUT2D eigenvalue weighted by Crippen LogP contribution is -2.36. The molecule has 0 aliphatic carbocycles. The second-order valence-corrected chi connectivity index (χ2v) is 9.42. The van der Waals surface area contributed by atoms with Gasteiger partial charge < -0.3 is 10.1 Å². The molecule has 0 unspecified atom stereocenters. The molecule has 0 radical (unpaired) electrons. The molecular formula is C17H20F2N2O4S2. The maximum absolute atomic E-state index is 12.4. The predicted octanol–water partition coefficient (Wildman–Crippen LogP) is 2.49. The first-order valence-corrected chi connectivity index (χ1v) is 10.8. The Balaban J connectivity index is 1.58. The summed E-state index contributed by atoms with van der Waals surface area (Å²) < 4.78 is 53.1. The van der Waals surface area contributed by atoms with E-state index in [1.165, 1.54) is 4.90 Å². The summed E-state index contributed by atoms with van der Waals surface area (Å²) in [6.45, 7) is 0.263. The van der Waals surface area contributed by atoms with Crippen molar-refractivity contribution in [2.24, 2.45) is 0 Å². The number of amides is 1. The van der Waals surface area contributed by atoms with E-state index >= 15 is 0 Å². The van der Waals surface area contributed by atoms with Gasteiger partial charge in [0, 0.05) is 5.69 Å². The highest BCUT2D eigenvalue weighted by molar-refractivity contribution is 7.91. The van der Waals surface area contributed by atoms with E-state index in [0.717, 1.165) is 5.56 Å². The zero-order valence-corrected chi connectivity index (χ0v) is 16.1. The molecule has 0 spiro atoms. The van der Waals surface area contributed by atoms with E-state index in [-0.39, 0.29) is 30.5 Å². The van der Waals surface area contributed by atoms with Crippen LogP contribution < -0.4 is 10.2 Å². The number of carbonyl (C=O) groups excluding carboxylic acids is 1. The molecule has 3 rings (SSSR count). The van der Waals surface area contributed by atoms with E-state index in [2.05, 4.69) is 17.5 Å². The zero-order chi connectivity index (χ0) is 19.6. The molecule has 2 heterocycles. The van der Waals surface area contributed by atoms with Gasteiger partial charge >= 0.3 is 6.09 Å². The highest BCUT2D eigenvalue weighted by atomic mass is 32.2. The number of hydrogen-bond donors (Lipinski definition) is 1. The van der Waals surface area contributed by atoms with Crippen molar-refractivity contribution in [2.45, 2.75) is 31.3 Å². The lowest BCUT2D eigenvalue weighted by molar-refractivity contribution is 0.142. The van der Waals surface area contributed by atoms with Gasteiger partial charge in [0.15, 0.2) is 0 Å². The lowest BCUT2D eigenvalue weighted by atomic mass is 9.93. The van der Waals surface area contributed by atoms with Crippen LogP contribution in [0.25, 0.3) is 0 Å². The average Bonchev–Trinajstić information content (AvgIpc) is 3.00. The first-order valence-electron chi connectivity index (χ1n) is 8.59. The minimum atomic E-state index is -2.91.